The van der Waals surface area contributed by atoms with Crippen molar-refractivity contribution in [3.05, 3.63) is 195 Å². The molecule has 80 heavy (non-hydrogen) atoms. The molecule has 10 rings (SSSR count). The molecule has 0 spiro atoms. The van der Waals surface area contributed by atoms with Crippen LogP contribution in [0.5, 0.6) is 0 Å². The molecular weight excluding hydrogens is 961 g/mol. The molecule has 424 valence electrons. The summed E-state index contributed by atoms with van der Waals surface area (Å²) in [5, 5.41) is 12.0. The smallest absolute Gasteiger partial charge is 0.00354 e. The van der Waals surface area contributed by atoms with E-state index >= 15 is 0 Å². The molecule has 0 fully saturated rings. The summed E-state index contributed by atoms with van der Waals surface area (Å²) in [7, 11) is 0. The molecule has 0 saturated carbocycles. The predicted octanol–water partition coefficient (Wildman–Crippen LogP) is 23.6. The van der Waals surface area contributed by atoms with Gasteiger partial charge in [-0.15, -0.1) is 0 Å². The zero-order chi connectivity index (χ0) is 60.6. The number of hydrogen-bond acceptors (Lipinski definition) is 0. The molecule has 0 N–H and O–H groups in total. The lowest BCUT2D eigenvalue weighted by Gasteiger charge is -2.39. The first kappa shape index (κ1) is 61.9. The third-order valence-corrected chi connectivity index (χ3v) is 23.4. The number of fused-ring (bicyclic) bond motifs is 3. The summed E-state index contributed by atoms with van der Waals surface area (Å²) in [6, 6.07) is 0. The first-order chi connectivity index (χ1) is 37.0. The molecule has 8 aromatic rings. The van der Waals surface area contributed by atoms with Crippen molar-refractivity contribution in [2.75, 3.05) is 0 Å². The predicted molar refractivity (Wildman–Crippen MR) is 361 cm³/mol. The molecule has 2 aliphatic carbocycles. The molecule has 0 bridgehead atoms. The van der Waals surface area contributed by atoms with Crippen LogP contribution in [0.1, 0.15) is 224 Å². The normalized spacial score (nSPS) is 14.8. The van der Waals surface area contributed by atoms with Crippen molar-refractivity contribution in [1.82, 2.24) is 0 Å². The van der Waals surface area contributed by atoms with E-state index in [4.69, 9.17) is 0 Å². The Morgan fingerprint density at radius 1 is 0.163 bits per heavy atom. The largest absolute Gasteiger partial charge is 0.0625 e. The van der Waals surface area contributed by atoms with Crippen molar-refractivity contribution >= 4 is 48.7 Å². The van der Waals surface area contributed by atoms with Gasteiger partial charge >= 0.3 is 0 Å². The SMILES string of the molecule is CC1=C(C)C(C)c2c(C)c(C)c3c(C)c(C)c(C)c4c3c2C1=C(C)C4C.Cc1c(C)c(C)c(C)c(C)c1C.Cc1c(C)c(C)c2c(C)c(C)c(C)c(C)c2c1C.Cc1c(C)c(C)c2c(C)c3c(C)c(C)c(C)c(C)c3c(C)c2c1C. The van der Waals surface area contributed by atoms with Crippen molar-refractivity contribution in [3.8, 4) is 0 Å². The summed E-state index contributed by atoms with van der Waals surface area (Å²) in [6.07, 6.45) is 0. The molecule has 0 heterocycles. The van der Waals surface area contributed by atoms with Gasteiger partial charge in [0.25, 0.3) is 0 Å². The molecular formula is C80H104. The minimum atomic E-state index is 0.491. The van der Waals surface area contributed by atoms with E-state index in [1.54, 1.807) is 38.8 Å². The lowest BCUT2D eigenvalue weighted by molar-refractivity contribution is 0.832. The quantitative estimate of drug-likeness (QED) is 0.133. The van der Waals surface area contributed by atoms with Gasteiger partial charge in [-0.25, -0.2) is 0 Å². The Morgan fingerprint density at radius 3 is 0.600 bits per heavy atom. The van der Waals surface area contributed by atoms with Crippen molar-refractivity contribution < 1.29 is 0 Å². The lowest BCUT2D eigenvalue weighted by atomic mass is 9.65. The Hall–Kier alpha value is -5.72. The van der Waals surface area contributed by atoms with Crippen LogP contribution in [0, 0.1) is 201 Å². The van der Waals surface area contributed by atoms with E-state index in [0.29, 0.717) is 11.8 Å². The summed E-state index contributed by atoms with van der Waals surface area (Å²) in [5.74, 6) is 0.998. The maximum Gasteiger partial charge on any atom is 0.00354 e. The van der Waals surface area contributed by atoms with Gasteiger partial charge in [0.1, 0.15) is 0 Å². The Morgan fingerprint density at radius 2 is 0.338 bits per heavy atom. The highest BCUT2D eigenvalue weighted by Gasteiger charge is 2.36. The Balaban J connectivity index is 0.000000160. The van der Waals surface area contributed by atoms with Crippen LogP contribution in [0.3, 0.4) is 0 Å². The summed E-state index contributed by atoms with van der Waals surface area (Å²) < 4.78 is 0. The maximum atomic E-state index is 2.41. The second kappa shape index (κ2) is 21.9. The fourth-order valence-corrected chi connectivity index (χ4v) is 15.4. The molecule has 0 aliphatic heterocycles. The van der Waals surface area contributed by atoms with Crippen LogP contribution >= 0.6 is 0 Å². The monoisotopic (exact) mass is 1060 g/mol. The number of allylic oxidation sites excluding steroid dienone is 4. The van der Waals surface area contributed by atoms with Gasteiger partial charge in [0.15, 0.2) is 0 Å². The van der Waals surface area contributed by atoms with Gasteiger partial charge < -0.3 is 0 Å². The maximum absolute atomic E-state index is 2.41. The molecule has 0 nitrogen and oxygen atoms in total. The highest BCUT2D eigenvalue weighted by atomic mass is 14.4. The molecule has 2 atom stereocenters. The topological polar surface area (TPSA) is 0 Å². The van der Waals surface area contributed by atoms with E-state index in [1.165, 1.54) is 205 Å². The van der Waals surface area contributed by atoms with Crippen molar-refractivity contribution in [2.24, 2.45) is 0 Å². The van der Waals surface area contributed by atoms with Gasteiger partial charge in [-0.05, 0) is 454 Å². The molecule has 0 amide bonds. The molecule has 0 saturated heterocycles. The van der Waals surface area contributed by atoms with Crippen LogP contribution in [-0.4, -0.2) is 0 Å². The average Bonchev–Trinajstić information content (AvgIpc) is 3.60. The molecule has 8 aromatic carbocycles. The van der Waals surface area contributed by atoms with E-state index in [0.717, 1.165) is 0 Å². The zero-order valence-corrected chi connectivity index (χ0v) is 57.2. The molecule has 2 aliphatic rings. The van der Waals surface area contributed by atoms with Crippen LogP contribution in [-0.2, 0) is 0 Å². The van der Waals surface area contributed by atoms with Crippen molar-refractivity contribution in [1.29, 1.82) is 0 Å². The zero-order valence-electron chi connectivity index (χ0n) is 57.2. The molecule has 0 aromatic heterocycles. The van der Waals surface area contributed by atoms with Gasteiger partial charge in [0.2, 0.25) is 0 Å². The van der Waals surface area contributed by atoms with Crippen LogP contribution < -0.4 is 0 Å². The minimum absolute atomic E-state index is 0.491. The van der Waals surface area contributed by atoms with Gasteiger partial charge in [-0.1, -0.05) is 25.0 Å². The number of hydrogen-bond donors (Lipinski definition) is 0. The van der Waals surface area contributed by atoms with Gasteiger partial charge in [-0.3, -0.25) is 0 Å². The lowest BCUT2D eigenvalue weighted by Crippen LogP contribution is -2.20. The van der Waals surface area contributed by atoms with E-state index < -0.39 is 0 Å². The van der Waals surface area contributed by atoms with Crippen molar-refractivity contribution in [3.63, 3.8) is 0 Å². The number of aryl methyl sites for hydroxylation is 12. The molecule has 0 radical (unpaired) electrons. The van der Waals surface area contributed by atoms with Crippen LogP contribution in [0.4, 0.5) is 0 Å². The Kier molecular flexibility index (Phi) is 16.9. The number of benzene rings is 8. The summed E-state index contributed by atoms with van der Waals surface area (Å²) in [6.45, 7) is 77.8. The van der Waals surface area contributed by atoms with Gasteiger partial charge in [0, 0.05) is 11.8 Å². The summed E-state index contributed by atoms with van der Waals surface area (Å²) in [4.78, 5) is 0. The van der Waals surface area contributed by atoms with E-state index in [9.17, 15) is 0 Å². The van der Waals surface area contributed by atoms with E-state index in [1.807, 2.05) is 0 Å². The minimum Gasteiger partial charge on any atom is -0.0625 e. The van der Waals surface area contributed by atoms with Crippen molar-refractivity contribution in [2.45, 2.75) is 247 Å². The number of rotatable bonds is 0. The standard InChI is InChI=1S/C26H32.C24H30.C18H24.C12H18/c1-11-13(3)21-17(7)19(9)23-15(5)12(2)16(6)24-20(10)18(8)22(14(11)4)25(21)26(23)24;1-11-12(2)16(6)22-20(10)24-18(8)14(4)13(3)17(7)23(24)19(9)21(22)15(11)5;1-9-10(2)14(6)18-16(8)12(4)11(3)15(7)17(18)13(9)5;1-7-8(2)10(4)12(6)11(5)9(7)3/h13,20H,1-10H3;1-10H3;1-8H3;1-6H3. The second-order valence-corrected chi connectivity index (χ2v) is 26.1. The molecule has 0 heteroatoms. The van der Waals surface area contributed by atoms with Gasteiger partial charge in [-0.2, -0.15) is 0 Å². The fraction of sp³-hybridized carbons (Fsp3) is 0.450. The fourth-order valence-electron chi connectivity index (χ4n) is 15.4. The van der Waals surface area contributed by atoms with Crippen LogP contribution in [0.25, 0.3) is 48.7 Å². The van der Waals surface area contributed by atoms with E-state index in [2.05, 4.69) is 235 Å². The summed E-state index contributed by atoms with van der Waals surface area (Å²) in [5.41, 5.74) is 53.2. The van der Waals surface area contributed by atoms with Crippen LogP contribution in [0.15, 0.2) is 16.7 Å². The summed E-state index contributed by atoms with van der Waals surface area (Å²) >= 11 is 0. The highest BCUT2D eigenvalue weighted by molar-refractivity contribution is 6.12. The first-order valence-corrected chi connectivity index (χ1v) is 30.3. The average molecular weight is 1070 g/mol. The van der Waals surface area contributed by atoms with Gasteiger partial charge in [0.05, 0.1) is 0 Å². The first-order valence-electron chi connectivity index (χ1n) is 30.3. The van der Waals surface area contributed by atoms with E-state index in [-0.39, 0.29) is 0 Å². The second-order valence-electron chi connectivity index (χ2n) is 26.1. The third-order valence-electron chi connectivity index (χ3n) is 23.4. The third kappa shape index (κ3) is 8.98. The Bertz CT molecular complexity index is 3720. The van der Waals surface area contributed by atoms with Crippen LogP contribution in [0.2, 0.25) is 0 Å². The molecule has 2 unspecified atom stereocenters. The Labute approximate surface area is 488 Å². The highest BCUT2D eigenvalue weighted by Crippen LogP contribution is 2.56.